The van der Waals surface area contributed by atoms with Crippen LogP contribution < -0.4 is 10.6 Å². The van der Waals surface area contributed by atoms with Crippen molar-refractivity contribution in [3.63, 3.8) is 0 Å². The monoisotopic (exact) mass is 394 g/mol. The third-order valence-corrected chi connectivity index (χ3v) is 4.40. The van der Waals surface area contributed by atoms with Crippen LogP contribution >= 0.6 is 28.3 Å². The summed E-state index contributed by atoms with van der Waals surface area (Å²) < 4.78 is 19.9. The summed E-state index contributed by atoms with van der Waals surface area (Å²) in [5, 5.41) is 6.08. The number of hydrogen-bond acceptors (Lipinski definition) is 3. The van der Waals surface area contributed by atoms with Crippen molar-refractivity contribution in [3.05, 3.63) is 34.1 Å². The lowest BCUT2D eigenvalue weighted by molar-refractivity contribution is -0.146. The maximum absolute atomic E-state index is 13.6. The fourth-order valence-electron chi connectivity index (χ4n) is 2.56. The summed E-state index contributed by atoms with van der Waals surface area (Å²) in [6.07, 6.45) is 1.76. The quantitative estimate of drug-likeness (QED) is 0.805. The largest absolute Gasteiger partial charge is 0.368 e. The van der Waals surface area contributed by atoms with Crippen LogP contribution in [0.2, 0.25) is 0 Å². The van der Waals surface area contributed by atoms with Gasteiger partial charge in [0.05, 0.1) is 0 Å². The molecule has 1 amide bonds. The molecule has 0 atom stereocenters. The van der Waals surface area contributed by atoms with E-state index in [0.717, 1.165) is 17.6 Å². The first kappa shape index (κ1) is 19.4. The van der Waals surface area contributed by atoms with Crippen LogP contribution in [-0.2, 0) is 16.0 Å². The Morgan fingerprint density at radius 3 is 2.77 bits per heavy atom. The fourth-order valence-corrected chi connectivity index (χ4v) is 2.97. The van der Waals surface area contributed by atoms with Crippen LogP contribution in [0.1, 0.15) is 18.4 Å². The van der Waals surface area contributed by atoms with E-state index >= 15 is 0 Å². The summed E-state index contributed by atoms with van der Waals surface area (Å²) in [6, 6.07) is 4.81. The molecule has 4 nitrogen and oxygen atoms in total. The lowest BCUT2D eigenvalue weighted by Crippen LogP contribution is -2.54. The Kier molecular flexibility index (Phi) is 7.76. The molecule has 1 fully saturated rings. The second-order valence-corrected chi connectivity index (χ2v) is 6.11. The molecule has 2 rings (SSSR count). The van der Waals surface area contributed by atoms with Gasteiger partial charge in [-0.3, -0.25) is 4.79 Å². The van der Waals surface area contributed by atoms with Crippen molar-refractivity contribution in [2.75, 3.05) is 26.7 Å². The van der Waals surface area contributed by atoms with Crippen LogP contribution in [0, 0.1) is 5.82 Å². The van der Waals surface area contributed by atoms with Crippen LogP contribution in [0.25, 0.3) is 0 Å². The van der Waals surface area contributed by atoms with Gasteiger partial charge in [-0.05, 0) is 56.1 Å². The van der Waals surface area contributed by atoms with Crippen molar-refractivity contribution in [2.45, 2.75) is 24.9 Å². The molecule has 124 valence electrons. The van der Waals surface area contributed by atoms with Crippen LogP contribution in [0.5, 0.6) is 0 Å². The van der Waals surface area contributed by atoms with E-state index in [4.69, 9.17) is 4.74 Å². The standard InChI is InChI=1S/C15H20BrFN2O2.ClH/c1-21-15(5-8-18-9-6-15)14(20)19-7-4-11-10-12(16)2-3-13(11)17;/h2-3,10,18H,4-9H2,1H3,(H,19,20);1H. The Bertz CT molecular complexity index is 510. The van der Waals surface area contributed by atoms with Gasteiger partial charge in [-0.1, -0.05) is 15.9 Å². The molecule has 1 aromatic rings. The lowest BCUT2D eigenvalue weighted by atomic mass is 9.91. The number of hydrogen-bond donors (Lipinski definition) is 2. The molecule has 1 aromatic carbocycles. The number of halogens is 3. The topological polar surface area (TPSA) is 50.4 Å². The van der Waals surface area contributed by atoms with Gasteiger partial charge in [0.2, 0.25) is 0 Å². The molecule has 0 aromatic heterocycles. The van der Waals surface area contributed by atoms with E-state index in [-0.39, 0.29) is 24.1 Å². The number of rotatable bonds is 5. The Morgan fingerprint density at radius 1 is 1.45 bits per heavy atom. The number of benzene rings is 1. The van der Waals surface area contributed by atoms with E-state index in [1.54, 1.807) is 19.2 Å². The molecular formula is C15H21BrClFN2O2. The van der Waals surface area contributed by atoms with Gasteiger partial charge in [0.1, 0.15) is 11.4 Å². The van der Waals surface area contributed by atoms with Crippen molar-refractivity contribution in [2.24, 2.45) is 0 Å². The molecule has 0 spiro atoms. The molecule has 7 heteroatoms. The van der Waals surface area contributed by atoms with Gasteiger partial charge in [-0.15, -0.1) is 12.4 Å². The summed E-state index contributed by atoms with van der Waals surface area (Å²) in [5.74, 6) is -0.363. The summed E-state index contributed by atoms with van der Waals surface area (Å²) in [7, 11) is 1.57. The van der Waals surface area contributed by atoms with Crippen molar-refractivity contribution in [3.8, 4) is 0 Å². The minimum absolute atomic E-state index is 0. The number of carbonyl (C=O) groups excluding carboxylic acids is 1. The number of nitrogens with one attached hydrogen (secondary N) is 2. The van der Waals surface area contributed by atoms with Crippen LogP contribution in [0.4, 0.5) is 4.39 Å². The van der Waals surface area contributed by atoms with E-state index < -0.39 is 5.60 Å². The first-order chi connectivity index (χ1) is 10.1. The molecule has 1 heterocycles. The Balaban J connectivity index is 0.00000242. The summed E-state index contributed by atoms with van der Waals surface area (Å²) in [6.45, 7) is 1.92. The minimum Gasteiger partial charge on any atom is -0.368 e. The van der Waals surface area contributed by atoms with Gasteiger partial charge in [0, 0.05) is 18.1 Å². The van der Waals surface area contributed by atoms with Crippen LogP contribution in [0.15, 0.2) is 22.7 Å². The van der Waals surface area contributed by atoms with Crippen molar-refractivity contribution < 1.29 is 13.9 Å². The third kappa shape index (κ3) is 4.65. The van der Waals surface area contributed by atoms with Crippen LogP contribution in [-0.4, -0.2) is 38.3 Å². The summed E-state index contributed by atoms with van der Waals surface area (Å²) in [4.78, 5) is 12.3. The fraction of sp³-hybridized carbons (Fsp3) is 0.533. The molecule has 0 aliphatic carbocycles. The van der Waals surface area contributed by atoms with Gasteiger partial charge in [0.15, 0.2) is 0 Å². The molecule has 1 aliphatic heterocycles. The SMILES string of the molecule is COC1(C(=O)NCCc2cc(Br)ccc2F)CCNCC1.Cl. The second kappa shape index (κ2) is 8.82. The zero-order valence-electron chi connectivity index (χ0n) is 12.5. The average molecular weight is 396 g/mol. The van der Waals surface area contributed by atoms with E-state index in [1.165, 1.54) is 6.07 Å². The molecule has 22 heavy (non-hydrogen) atoms. The van der Waals surface area contributed by atoms with Gasteiger partial charge < -0.3 is 15.4 Å². The average Bonchev–Trinajstić information content (AvgIpc) is 2.51. The van der Waals surface area contributed by atoms with Crippen molar-refractivity contribution >= 4 is 34.2 Å². The normalized spacial score (nSPS) is 16.7. The van der Waals surface area contributed by atoms with Crippen LogP contribution in [0.3, 0.4) is 0 Å². The number of amides is 1. The molecule has 0 saturated carbocycles. The van der Waals surface area contributed by atoms with Gasteiger partial charge in [-0.25, -0.2) is 4.39 Å². The smallest absolute Gasteiger partial charge is 0.252 e. The molecule has 0 radical (unpaired) electrons. The first-order valence-electron chi connectivity index (χ1n) is 7.05. The lowest BCUT2D eigenvalue weighted by Gasteiger charge is -2.34. The second-order valence-electron chi connectivity index (χ2n) is 5.19. The third-order valence-electron chi connectivity index (χ3n) is 3.90. The number of methoxy groups -OCH3 is 1. The summed E-state index contributed by atoms with van der Waals surface area (Å²) >= 11 is 3.32. The zero-order chi connectivity index (χ0) is 15.3. The van der Waals surface area contributed by atoms with E-state index in [1.807, 2.05) is 0 Å². The predicted octanol–water partition coefficient (Wildman–Crippen LogP) is 2.44. The molecular weight excluding hydrogens is 375 g/mol. The van der Waals surface area contributed by atoms with Gasteiger partial charge in [0.25, 0.3) is 5.91 Å². The van der Waals surface area contributed by atoms with Crippen molar-refractivity contribution in [1.82, 2.24) is 10.6 Å². The highest BCUT2D eigenvalue weighted by atomic mass is 79.9. The molecule has 2 N–H and O–H groups in total. The molecule has 0 bridgehead atoms. The summed E-state index contributed by atoms with van der Waals surface area (Å²) in [5.41, 5.74) is -0.164. The Hall–Kier alpha value is -0.690. The highest BCUT2D eigenvalue weighted by Crippen LogP contribution is 2.22. The Labute approximate surface area is 144 Å². The Morgan fingerprint density at radius 2 is 2.14 bits per heavy atom. The minimum atomic E-state index is -0.749. The number of carbonyl (C=O) groups is 1. The highest BCUT2D eigenvalue weighted by Gasteiger charge is 2.39. The maximum Gasteiger partial charge on any atom is 0.252 e. The number of piperidine rings is 1. The van der Waals surface area contributed by atoms with Gasteiger partial charge >= 0.3 is 0 Å². The van der Waals surface area contributed by atoms with E-state index in [9.17, 15) is 9.18 Å². The molecule has 1 saturated heterocycles. The van der Waals surface area contributed by atoms with Crippen molar-refractivity contribution in [1.29, 1.82) is 0 Å². The highest BCUT2D eigenvalue weighted by molar-refractivity contribution is 9.10. The number of ether oxygens (including phenoxy) is 1. The van der Waals surface area contributed by atoms with E-state index in [2.05, 4.69) is 26.6 Å². The van der Waals surface area contributed by atoms with Gasteiger partial charge in [-0.2, -0.15) is 0 Å². The molecule has 0 unspecified atom stereocenters. The predicted molar refractivity (Wildman–Crippen MR) is 89.9 cm³/mol. The molecule has 1 aliphatic rings. The van der Waals surface area contributed by atoms with E-state index in [0.29, 0.717) is 31.4 Å². The zero-order valence-corrected chi connectivity index (χ0v) is 14.9. The maximum atomic E-state index is 13.6. The first-order valence-corrected chi connectivity index (χ1v) is 7.85.